The van der Waals surface area contributed by atoms with E-state index in [4.69, 9.17) is 0 Å². The number of hydrogen-bond acceptors (Lipinski definition) is 3. The number of nitrogens with zero attached hydrogens (tertiary/aromatic N) is 2. The second-order valence-corrected chi connectivity index (χ2v) is 7.15. The van der Waals surface area contributed by atoms with Crippen LogP contribution >= 0.6 is 0 Å². The third kappa shape index (κ3) is 9.11. The highest BCUT2D eigenvalue weighted by Crippen LogP contribution is 2.18. The molecule has 0 saturated heterocycles. The van der Waals surface area contributed by atoms with Gasteiger partial charge in [-0.15, -0.1) is 0 Å². The van der Waals surface area contributed by atoms with Crippen LogP contribution in [-0.4, -0.2) is 61.6 Å². The van der Waals surface area contributed by atoms with E-state index in [1.165, 1.54) is 0 Å². The Bertz CT molecular complexity index is 383. The molecule has 1 fully saturated rings. The SMILES string of the molecule is CN=C(NCCCC(=O)NC1CC1)NCCCN(C(C)C)C(C)C. The Balaban J connectivity index is 2.08. The van der Waals surface area contributed by atoms with Crippen LogP contribution in [0.15, 0.2) is 4.99 Å². The third-order valence-electron chi connectivity index (χ3n) is 4.25. The van der Waals surface area contributed by atoms with Gasteiger partial charge in [-0.25, -0.2) is 0 Å². The summed E-state index contributed by atoms with van der Waals surface area (Å²) in [5, 5.41) is 9.63. The molecule has 0 aromatic carbocycles. The van der Waals surface area contributed by atoms with Crippen LogP contribution < -0.4 is 16.0 Å². The van der Waals surface area contributed by atoms with Gasteiger partial charge in [0.05, 0.1) is 0 Å². The van der Waals surface area contributed by atoms with Gasteiger partial charge in [-0.3, -0.25) is 14.7 Å². The van der Waals surface area contributed by atoms with Crippen molar-refractivity contribution < 1.29 is 4.79 Å². The van der Waals surface area contributed by atoms with Crippen molar-refractivity contribution in [1.82, 2.24) is 20.9 Å². The smallest absolute Gasteiger partial charge is 0.220 e. The second-order valence-electron chi connectivity index (χ2n) is 7.15. The number of amides is 1. The van der Waals surface area contributed by atoms with Crippen LogP contribution in [0.4, 0.5) is 0 Å². The number of rotatable bonds is 11. The van der Waals surface area contributed by atoms with Crippen molar-refractivity contribution in [2.24, 2.45) is 4.99 Å². The highest BCUT2D eigenvalue weighted by atomic mass is 16.1. The monoisotopic (exact) mass is 339 g/mol. The summed E-state index contributed by atoms with van der Waals surface area (Å²) in [6.45, 7) is 11.7. The molecule has 0 aliphatic heterocycles. The molecule has 24 heavy (non-hydrogen) atoms. The highest BCUT2D eigenvalue weighted by Gasteiger charge is 2.22. The maximum absolute atomic E-state index is 11.6. The molecule has 0 atom stereocenters. The zero-order chi connectivity index (χ0) is 17.9. The Morgan fingerprint density at radius 1 is 1.08 bits per heavy atom. The maximum Gasteiger partial charge on any atom is 0.220 e. The van der Waals surface area contributed by atoms with Crippen LogP contribution in [0.1, 0.15) is 59.8 Å². The molecule has 6 nitrogen and oxygen atoms in total. The molecule has 1 aliphatic rings. The van der Waals surface area contributed by atoms with Crippen molar-refractivity contribution in [3.63, 3.8) is 0 Å². The van der Waals surface area contributed by atoms with E-state index >= 15 is 0 Å². The minimum absolute atomic E-state index is 0.171. The Labute approximate surface area is 147 Å². The molecule has 0 aromatic rings. The summed E-state index contributed by atoms with van der Waals surface area (Å²) in [6, 6.07) is 1.60. The average molecular weight is 340 g/mol. The van der Waals surface area contributed by atoms with Gasteiger partial charge in [-0.1, -0.05) is 0 Å². The molecule has 1 amide bonds. The first-order chi connectivity index (χ1) is 11.4. The number of carbonyl (C=O) groups excluding carboxylic acids is 1. The van der Waals surface area contributed by atoms with Crippen LogP contribution in [0.25, 0.3) is 0 Å². The van der Waals surface area contributed by atoms with E-state index in [2.05, 4.69) is 53.5 Å². The summed E-state index contributed by atoms with van der Waals surface area (Å²) in [5.41, 5.74) is 0. The van der Waals surface area contributed by atoms with Gasteiger partial charge in [0.2, 0.25) is 5.91 Å². The van der Waals surface area contributed by atoms with E-state index in [0.717, 1.165) is 51.3 Å². The third-order valence-corrected chi connectivity index (χ3v) is 4.25. The molecule has 0 radical (unpaired) electrons. The van der Waals surface area contributed by atoms with E-state index in [0.29, 0.717) is 24.5 Å². The molecule has 1 saturated carbocycles. The predicted molar refractivity (Wildman–Crippen MR) is 101 cm³/mol. The Morgan fingerprint density at radius 2 is 1.67 bits per heavy atom. The molecule has 1 aliphatic carbocycles. The van der Waals surface area contributed by atoms with Crippen molar-refractivity contribution in [2.75, 3.05) is 26.7 Å². The van der Waals surface area contributed by atoms with Crippen molar-refractivity contribution in [1.29, 1.82) is 0 Å². The van der Waals surface area contributed by atoms with Crippen LogP contribution in [0, 0.1) is 0 Å². The molecule has 0 heterocycles. The van der Waals surface area contributed by atoms with Gasteiger partial charge in [0.1, 0.15) is 0 Å². The van der Waals surface area contributed by atoms with Gasteiger partial charge in [-0.05, 0) is 53.4 Å². The lowest BCUT2D eigenvalue weighted by atomic mass is 10.2. The first-order valence-electron chi connectivity index (χ1n) is 9.43. The first kappa shape index (κ1) is 20.7. The standard InChI is InChI=1S/C18H37N5O/c1-14(2)23(15(3)4)13-7-12-21-18(19-5)20-11-6-8-17(24)22-16-9-10-16/h14-16H,6-13H2,1-5H3,(H,22,24)(H2,19,20,21). The van der Waals surface area contributed by atoms with Crippen molar-refractivity contribution in [3.05, 3.63) is 0 Å². The normalized spacial score (nSPS) is 15.2. The minimum Gasteiger partial charge on any atom is -0.356 e. The Hall–Kier alpha value is -1.30. The number of hydrogen-bond donors (Lipinski definition) is 3. The zero-order valence-corrected chi connectivity index (χ0v) is 16.2. The molecular weight excluding hydrogens is 302 g/mol. The van der Waals surface area contributed by atoms with E-state index in [1.807, 2.05) is 0 Å². The minimum atomic E-state index is 0.171. The van der Waals surface area contributed by atoms with Gasteiger partial charge in [0.15, 0.2) is 5.96 Å². The fourth-order valence-electron chi connectivity index (χ4n) is 2.78. The van der Waals surface area contributed by atoms with Crippen LogP contribution in [-0.2, 0) is 4.79 Å². The van der Waals surface area contributed by atoms with E-state index in [9.17, 15) is 4.79 Å². The Morgan fingerprint density at radius 3 is 2.17 bits per heavy atom. The highest BCUT2D eigenvalue weighted by molar-refractivity contribution is 5.79. The largest absolute Gasteiger partial charge is 0.356 e. The average Bonchev–Trinajstić information content (AvgIpc) is 3.32. The molecule has 1 rings (SSSR count). The maximum atomic E-state index is 11.6. The quantitative estimate of drug-likeness (QED) is 0.305. The Kier molecular flexibility index (Phi) is 9.76. The van der Waals surface area contributed by atoms with Gasteiger partial charge in [0, 0.05) is 51.2 Å². The van der Waals surface area contributed by atoms with Gasteiger partial charge in [0.25, 0.3) is 0 Å². The van der Waals surface area contributed by atoms with Crippen molar-refractivity contribution >= 4 is 11.9 Å². The lowest BCUT2D eigenvalue weighted by molar-refractivity contribution is -0.121. The fourth-order valence-corrected chi connectivity index (χ4v) is 2.78. The van der Waals surface area contributed by atoms with Crippen LogP contribution in [0.5, 0.6) is 0 Å². The lowest BCUT2D eigenvalue weighted by Gasteiger charge is -2.30. The fraction of sp³-hybridized carbons (Fsp3) is 0.889. The molecule has 140 valence electrons. The van der Waals surface area contributed by atoms with Gasteiger partial charge < -0.3 is 16.0 Å². The molecule has 0 spiro atoms. The van der Waals surface area contributed by atoms with Crippen LogP contribution in [0.3, 0.4) is 0 Å². The van der Waals surface area contributed by atoms with Crippen LogP contribution in [0.2, 0.25) is 0 Å². The molecule has 3 N–H and O–H groups in total. The number of guanidine groups is 1. The first-order valence-corrected chi connectivity index (χ1v) is 9.43. The van der Waals surface area contributed by atoms with Crippen molar-refractivity contribution in [2.45, 2.75) is 77.9 Å². The topological polar surface area (TPSA) is 68.8 Å². The van der Waals surface area contributed by atoms with E-state index in [-0.39, 0.29) is 5.91 Å². The molecule has 0 bridgehead atoms. The molecular formula is C18H37N5O. The zero-order valence-electron chi connectivity index (χ0n) is 16.2. The summed E-state index contributed by atoms with van der Waals surface area (Å²) in [5.74, 6) is 0.989. The van der Waals surface area contributed by atoms with Gasteiger partial charge >= 0.3 is 0 Å². The predicted octanol–water partition coefficient (Wildman–Crippen LogP) is 1.72. The summed E-state index contributed by atoms with van der Waals surface area (Å²) < 4.78 is 0. The second kappa shape index (κ2) is 11.3. The lowest BCUT2D eigenvalue weighted by Crippen LogP contribution is -2.41. The summed E-state index contributed by atoms with van der Waals surface area (Å²) >= 11 is 0. The molecule has 0 aromatic heterocycles. The number of nitrogens with one attached hydrogen (secondary N) is 3. The summed E-state index contributed by atoms with van der Waals surface area (Å²) in [4.78, 5) is 18.3. The van der Waals surface area contributed by atoms with E-state index in [1.54, 1.807) is 7.05 Å². The van der Waals surface area contributed by atoms with Crippen molar-refractivity contribution in [3.8, 4) is 0 Å². The summed E-state index contributed by atoms with van der Waals surface area (Å²) in [7, 11) is 1.78. The summed E-state index contributed by atoms with van der Waals surface area (Å²) in [6.07, 6.45) is 4.78. The number of aliphatic imine (C=N–C) groups is 1. The molecule has 0 unspecified atom stereocenters. The van der Waals surface area contributed by atoms with E-state index < -0.39 is 0 Å². The number of carbonyl (C=O) groups is 1. The van der Waals surface area contributed by atoms with Gasteiger partial charge in [-0.2, -0.15) is 0 Å². The molecule has 6 heteroatoms.